The first-order chi connectivity index (χ1) is 12.8. The van der Waals surface area contributed by atoms with Gasteiger partial charge in [-0.3, -0.25) is 9.52 Å². The number of hydrogen-bond acceptors (Lipinski definition) is 4. The highest BCUT2D eigenvalue weighted by Crippen LogP contribution is 2.26. The van der Waals surface area contributed by atoms with Crippen molar-refractivity contribution in [1.82, 2.24) is 0 Å². The molecule has 0 spiro atoms. The number of carbonyl (C=O) groups is 1. The lowest BCUT2D eigenvalue weighted by Gasteiger charge is -2.07. The summed E-state index contributed by atoms with van der Waals surface area (Å²) in [5.41, 5.74) is 0.745. The maximum atomic E-state index is 13.0. The van der Waals surface area contributed by atoms with Crippen molar-refractivity contribution in [2.24, 2.45) is 0 Å². The van der Waals surface area contributed by atoms with Crippen LogP contribution in [0.5, 0.6) is 0 Å². The Kier molecular flexibility index (Phi) is 5.79. The zero-order valence-corrected chi connectivity index (χ0v) is 16.2. The van der Waals surface area contributed by atoms with E-state index in [1.807, 2.05) is 0 Å². The number of hydrogen-bond donors (Lipinski definition) is 2. The molecule has 0 fully saturated rings. The van der Waals surface area contributed by atoms with Crippen molar-refractivity contribution in [2.45, 2.75) is 10.6 Å². The van der Waals surface area contributed by atoms with E-state index in [4.69, 9.17) is 11.6 Å². The number of rotatable bonds is 6. The summed E-state index contributed by atoms with van der Waals surface area (Å²) in [7, 11) is -3.72. The summed E-state index contributed by atoms with van der Waals surface area (Å²) >= 11 is 6.88. The van der Waals surface area contributed by atoms with Crippen molar-refractivity contribution in [1.29, 1.82) is 0 Å². The van der Waals surface area contributed by atoms with E-state index < -0.39 is 15.8 Å². The van der Waals surface area contributed by atoms with E-state index in [1.165, 1.54) is 18.2 Å². The van der Waals surface area contributed by atoms with Gasteiger partial charge in [0.1, 0.15) is 10.0 Å². The monoisotopic (exact) mass is 424 g/mol. The van der Waals surface area contributed by atoms with Crippen molar-refractivity contribution in [3.63, 3.8) is 0 Å². The lowest BCUT2D eigenvalue weighted by molar-refractivity contribution is -0.115. The number of sulfonamides is 1. The fourth-order valence-corrected chi connectivity index (χ4v) is 4.88. The van der Waals surface area contributed by atoms with Gasteiger partial charge in [0.15, 0.2) is 0 Å². The van der Waals surface area contributed by atoms with Crippen LogP contribution in [0.1, 0.15) is 4.88 Å². The number of nitrogens with one attached hydrogen (secondary N) is 2. The fraction of sp³-hybridized carbons (Fsp3) is 0.0556. The van der Waals surface area contributed by atoms with Gasteiger partial charge in [-0.2, -0.15) is 0 Å². The smallest absolute Gasteiger partial charge is 0.271 e. The molecule has 9 heteroatoms. The molecule has 1 aromatic heterocycles. The molecule has 0 saturated heterocycles. The highest BCUT2D eigenvalue weighted by molar-refractivity contribution is 7.94. The van der Waals surface area contributed by atoms with Gasteiger partial charge in [0.25, 0.3) is 10.0 Å². The van der Waals surface area contributed by atoms with Gasteiger partial charge in [0.05, 0.1) is 17.1 Å². The second-order valence-electron chi connectivity index (χ2n) is 5.54. The van der Waals surface area contributed by atoms with Gasteiger partial charge in [0, 0.05) is 10.6 Å². The molecule has 1 heterocycles. The molecule has 3 aromatic rings. The van der Waals surface area contributed by atoms with Crippen LogP contribution < -0.4 is 10.0 Å². The largest absolute Gasteiger partial charge is 0.324 e. The Balaban J connectivity index is 1.67. The Labute approximate surface area is 164 Å². The van der Waals surface area contributed by atoms with E-state index in [9.17, 15) is 17.6 Å². The number of amides is 1. The van der Waals surface area contributed by atoms with Crippen molar-refractivity contribution in [2.75, 3.05) is 10.0 Å². The summed E-state index contributed by atoms with van der Waals surface area (Å²) in [5, 5.41) is 2.67. The molecule has 5 nitrogen and oxygen atoms in total. The first kappa shape index (κ1) is 19.3. The first-order valence-electron chi connectivity index (χ1n) is 7.75. The Morgan fingerprint density at radius 2 is 1.81 bits per heavy atom. The molecule has 0 unspecified atom stereocenters. The highest BCUT2D eigenvalue weighted by Gasteiger charge is 2.18. The van der Waals surface area contributed by atoms with Gasteiger partial charge in [-0.1, -0.05) is 29.8 Å². The number of halogens is 2. The molecule has 27 heavy (non-hydrogen) atoms. The number of para-hydroxylation sites is 1. The molecule has 0 aliphatic rings. The van der Waals surface area contributed by atoms with Crippen LogP contribution in [-0.4, -0.2) is 14.3 Å². The van der Waals surface area contributed by atoms with Crippen LogP contribution in [0.4, 0.5) is 15.8 Å². The highest BCUT2D eigenvalue weighted by atomic mass is 35.5. The lowest BCUT2D eigenvalue weighted by Crippen LogP contribution is -2.14. The maximum Gasteiger partial charge on any atom is 0.271 e. The van der Waals surface area contributed by atoms with Crippen LogP contribution in [0.2, 0.25) is 5.02 Å². The first-order valence-corrected chi connectivity index (χ1v) is 10.4. The molecular weight excluding hydrogens is 411 g/mol. The zero-order valence-electron chi connectivity index (χ0n) is 13.8. The second kappa shape index (κ2) is 8.08. The van der Waals surface area contributed by atoms with Gasteiger partial charge in [-0.25, -0.2) is 12.8 Å². The number of thiophene rings is 1. The minimum Gasteiger partial charge on any atom is -0.324 e. The summed E-state index contributed by atoms with van der Waals surface area (Å²) in [6.45, 7) is 0. The predicted octanol–water partition coefficient (Wildman–Crippen LogP) is 4.52. The van der Waals surface area contributed by atoms with Gasteiger partial charge < -0.3 is 5.32 Å². The Hall–Kier alpha value is -2.42. The molecule has 3 rings (SSSR count). The predicted molar refractivity (Wildman–Crippen MR) is 105 cm³/mol. The van der Waals surface area contributed by atoms with Crippen LogP contribution >= 0.6 is 22.9 Å². The topological polar surface area (TPSA) is 75.3 Å². The molecule has 0 bridgehead atoms. The minimum atomic E-state index is -3.72. The summed E-state index contributed by atoms with van der Waals surface area (Å²) in [5.74, 6) is -0.887. The van der Waals surface area contributed by atoms with Crippen LogP contribution in [0, 0.1) is 5.82 Å². The summed E-state index contributed by atoms with van der Waals surface area (Å²) in [6, 6.07) is 15.2. The van der Waals surface area contributed by atoms with Crippen LogP contribution in [-0.2, 0) is 21.2 Å². The van der Waals surface area contributed by atoms with Crippen molar-refractivity contribution < 1.29 is 17.6 Å². The number of benzene rings is 2. The molecule has 0 aliphatic carbocycles. The standard InChI is InChI=1S/C18H14ClFN2O3S2/c19-15-10-12(20)6-8-16(15)21-17(23)11-14-7-9-18(26-14)27(24,25)22-13-4-2-1-3-5-13/h1-10,22H,11H2,(H,21,23). The molecule has 140 valence electrons. The molecule has 0 atom stereocenters. The SMILES string of the molecule is O=C(Cc1ccc(S(=O)(=O)Nc2ccccc2)s1)Nc1ccc(F)cc1Cl. The van der Waals surface area contributed by atoms with Gasteiger partial charge >= 0.3 is 0 Å². The van der Waals surface area contributed by atoms with Gasteiger partial charge in [-0.15, -0.1) is 11.3 Å². The molecule has 0 saturated carbocycles. The van der Waals surface area contributed by atoms with E-state index in [2.05, 4.69) is 10.0 Å². The third kappa shape index (κ3) is 5.06. The third-order valence-electron chi connectivity index (χ3n) is 3.47. The minimum absolute atomic E-state index is 0.0285. The number of carbonyl (C=O) groups excluding carboxylic acids is 1. The van der Waals surface area contributed by atoms with Crippen LogP contribution in [0.25, 0.3) is 0 Å². The average molecular weight is 425 g/mol. The Morgan fingerprint density at radius 1 is 1.07 bits per heavy atom. The van der Waals surface area contributed by atoms with Gasteiger partial charge in [-0.05, 0) is 42.5 Å². The van der Waals surface area contributed by atoms with Crippen LogP contribution in [0.15, 0.2) is 64.9 Å². The van der Waals surface area contributed by atoms with E-state index >= 15 is 0 Å². The Bertz CT molecular complexity index is 1070. The summed E-state index contributed by atoms with van der Waals surface area (Å²) in [6.07, 6.45) is -0.0285. The lowest BCUT2D eigenvalue weighted by atomic mass is 10.3. The van der Waals surface area contributed by atoms with Crippen molar-refractivity contribution >= 4 is 50.2 Å². The third-order valence-corrected chi connectivity index (χ3v) is 6.74. The second-order valence-corrected chi connectivity index (χ2v) is 9.03. The summed E-state index contributed by atoms with van der Waals surface area (Å²) in [4.78, 5) is 12.7. The molecule has 2 aromatic carbocycles. The van der Waals surface area contributed by atoms with Crippen LogP contribution in [0.3, 0.4) is 0 Å². The fourth-order valence-electron chi connectivity index (χ4n) is 2.25. The summed E-state index contributed by atoms with van der Waals surface area (Å²) < 4.78 is 40.5. The van der Waals surface area contributed by atoms with E-state index in [0.717, 1.165) is 17.4 Å². The average Bonchev–Trinajstić information content (AvgIpc) is 3.07. The normalized spacial score (nSPS) is 11.2. The molecule has 1 amide bonds. The van der Waals surface area contributed by atoms with Gasteiger partial charge in [0.2, 0.25) is 5.91 Å². The van der Waals surface area contributed by atoms with Crippen molar-refractivity contribution in [3.8, 4) is 0 Å². The quantitative estimate of drug-likeness (QED) is 0.610. The number of anilines is 2. The van der Waals surface area contributed by atoms with E-state index in [0.29, 0.717) is 16.3 Å². The van der Waals surface area contributed by atoms with E-state index in [-0.39, 0.29) is 21.6 Å². The molecule has 0 radical (unpaired) electrons. The van der Waals surface area contributed by atoms with Crippen molar-refractivity contribution in [3.05, 3.63) is 76.4 Å². The van der Waals surface area contributed by atoms with E-state index in [1.54, 1.807) is 36.4 Å². The zero-order chi connectivity index (χ0) is 19.4. The molecular formula is C18H14ClFN2O3S2. The molecule has 2 N–H and O–H groups in total. The molecule has 0 aliphatic heterocycles. The maximum absolute atomic E-state index is 13.0. The Morgan fingerprint density at radius 3 is 2.52 bits per heavy atom.